The molecule has 180 valence electrons. The van der Waals surface area contributed by atoms with Crippen molar-refractivity contribution in [1.29, 1.82) is 0 Å². The van der Waals surface area contributed by atoms with Gasteiger partial charge in [-0.05, 0) is 38.5 Å². The van der Waals surface area contributed by atoms with Crippen LogP contribution in [0.5, 0.6) is 0 Å². The first-order valence-corrected chi connectivity index (χ1v) is 13.0. The summed E-state index contributed by atoms with van der Waals surface area (Å²) in [6.07, 6.45) is 20.3. The van der Waals surface area contributed by atoms with Crippen LogP contribution >= 0.6 is 0 Å². The van der Waals surface area contributed by atoms with E-state index in [2.05, 4.69) is 43.3 Å². The van der Waals surface area contributed by atoms with Gasteiger partial charge < -0.3 is 10.2 Å². The van der Waals surface area contributed by atoms with E-state index in [4.69, 9.17) is 10.2 Å². The minimum atomic E-state index is -0.674. The highest BCUT2D eigenvalue weighted by Gasteiger charge is 1.96. The zero-order chi connectivity index (χ0) is 24.2. The van der Waals surface area contributed by atoms with Crippen molar-refractivity contribution in [2.24, 2.45) is 5.92 Å². The highest BCUT2D eigenvalue weighted by Crippen LogP contribution is 2.09. The van der Waals surface area contributed by atoms with Gasteiger partial charge in [0.1, 0.15) is 16.3 Å². The number of carboxylic acids is 2. The van der Waals surface area contributed by atoms with Crippen LogP contribution in [-0.4, -0.2) is 38.4 Å². The summed E-state index contributed by atoms with van der Waals surface area (Å²) in [5, 5.41) is 18.0. The summed E-state index contributed by atoms with van der Waals surface area (Å²) in [5.74, 6) is -0.502. The fourth-order valence-electron chi connectivity index (χ4n) is 2.54. The van der Waals surface area contributed by atoms with Crippen molar-refractivity contribution in [3.8, 4) is 0 Å². The molecule has 0 unspecified atom stereocenters. The van der Waals surface area contributed by atoms with Crippen molar-refractivity contribution in [3.05, 3.63) is 25.3 Å². The molecule has 0 aromatic rings. The minimum absolute atomic E-state index is 0.326. The van der Waals surface area contributed by atoms with Gasteiger partial charge in [-0.15, -0.1) is 18.4 Å². The third-order valence-corrected chi connectivity index (χ3v) is 5.51. The first kappa shape index (κ1) is 34.6. The second-order valence-corrected chi connectivity index (χ2v) is 8.79. The Balaban J connectivity index is -0.000000416. The third kappa shape index (κ3) is 47.9. The lowest BCUT2D eigenvalue weighted by Gasteiger charge is -1.98. The van der Waals surface area contributed by atoms with E-state index in [1.165, 1.54) is 56.6 Å². The third-order valence-electron chi connectivity index (χ3n) is 4.57. The smallest absolute Gasteiger partial charge is 0.303 e. The van der Waals surface area contributed by atoms with Crippen LogP contribution in [0.2, 0.25) is 5.28 Å². The Kier molecular flexibility index (Phi) is 34.7. The molecule has 0 aromatic carbocycles. The molecule has 0 saturated heterocycles. The van der Waals surface area contributed by atoms with E-state index in [0.29, 0.717) is 12.8 Å². The maximum absolute atomic E-state index is 10.2. The average molecular weight is 453 g/mol. The summed E-state index contributed by atoms with van der Waals surface area (Å²) in [4.78, 5) is 20.3. The number of carboxylic acid groups (broad SMARTS) is 2. The Morgan fingerprint density at radius 1 is 0.677 bits per heavy atom. The zero-order valence-corrected chi connectivity index (χ0v) is 21.6. The van der Waals surface area contributed by atoms with Crippen LogP contribution in [-0.2, 0) is 9.59 Å². The molecule has 0 saturated carbocycles. The highest BCUT2D eigenvalue weighted by molar-refractivity contribution is 6.08. The maximum atomic E-state index is 10.2. The van der Waals surface area contributed by atoms with Gasteiger partial charge in [-0.1, -0.05) is 83.3 Å². The monoisotopic (exact) mass is 452 g/mol. The zero-order valence-electron chi connectivity index (χ0n) is 20.5. The van der Waals surface area contributed by atoms with Crippen LogP contribution < -0.4 is 0 Å². The second-order valence-electron chi connectivity index (χ2n) is 8.31. The van der Waals surface area contributed by atoms with Crippen LogP contribution in [0, 0.1) is 5.92 Å². The fourth-order valence-corrected chi connectivity index (χ4v) is 2.54. The molecule has 0 amide bonds. The first-order chi connectivity index (χ1) is 14.8. The quantitative estimate of drug-likeness (QED) is 0.118. The highest BCUT2D eigenvalue weighted by atomic mass is 27.0. The molecule has 0 aromatic heterocycles. The van der Waals surface area contributed by atoms with Gasteiger partial charge in [0.15, 0.2) is 0 Å². The summed E-state index contributed by atoms with van der Waals surface area (Å²) in [7, 11) is 0. The molecule has 0 rings (SSSR count). The molecule has 0 atom stereocenters. The van der Waals surface area contributed by atoms with Gasteiger partial charge in [-0.3, -0.25) is 9.59 Å². The summed E-state index contributed by atoms with van der Waals surface area (Å²) < 4.78 is 0. The average Bonchev–Trinajstić information content (AvgIpc) is 2.72. The van der Waals surface area contributed by atoms with Gasteiger partial charge in [0.25, 0.3) is 0 Å². The maximum Gasteiger partial charge on any atom is 0.303 e. The molecule has 0 fully saturated rings. The summed E-state index contributed by atoms with van der Waals surface area (Å²) >= 11 is 2.69. The van der Waals surface area contributed by atoms with Crippen molar-refractivity contribution < 1.29 is 19.8 Å². The summed E-state index contributed by atoms with van der Waals surface area (Å²) in [6, 6.07) is 0. The number of hydrogen-bond donors (Lipinski definition) is 2. The molecule has 4 nitrogen and oxygen atoms in total. The molecule has 2 N–H and O–H groups in total. The van der Waals surface area contributed by atoms with Gasteiger partial charge in [0.05, 0.1) is 0 Å². The molecule has 0 aliphatic heterocycles. The van der Waals surface area contributed by atoms with Gasteiger partial charge in [-0.25, -0.2) is 0 Å². The van der Waals surface area contributed by atoms with Crippen molar-refractivity contribution in [2.75, 3.05) is 0 Å². The van der Waals surface area contributed by atoms with Crippen molar-refractivity contribution in [1.82, 2.24) is 0 Å². The van der Waals surface area contributed by atoms with E-state index in [1.807, 2.05) is 12.2 Å². The SMILES string of the molecule is C=CCCCCCCCCC(=O)O.C=CCCCCCCCCC(=O)O.CC(C)[CH2][Al]. The Labute approximate surface area is 201 Å². The number of aliphatic carboxylic acids is 2. The van der Waals surface area contributed by atoms with Crippen LogP contribution in [0.1, 0.15) is 117 Å². The van der Waals surface area contributed by atoms with Crippen LogP contribution in [0.3, 0.4) is 0 Å². The lowest BCUT2D eigenvalue weighted by Crippen LogP contribution is -1.93. The number of allylic oxidation sites excluding steroid dienone is 2. The Hall–Kier alpha value is -1.05. The standard InChI is InChI=1S/2C11H20O2.C4H9.Al/c2*1-2-3-4-5-6-7-8-9-10-11(12)13;1-4(2)3;/h2*2H,1,3-10H2,(H,12,13);4H,1H2,2-3H3;. The minimum Gasteiger partial charge on any atom is -0.481 e. The van der Waals surface area contributed by atoms with E-state index in [9.17, 15) is 9.59 Å². The van der Waals surface area contributed by atoms with Gasteiger partial charge in [-0.2, -0.15) is 0 Å². The predicted octanol–water partition coefficient (Wildman–Crippen LogP) is 7.98. The van der Waals surface area contributed by atoms with Gasteiger partial charge >= 0.3 is 11.9 Å². The largest absolute Gasteiger partial charge is 0.481 e. The van der Waals surface area contributed by atoms with Crippen LogP contribution in [0.4, 0.5) is 0 Å². The molecular weight excluding hydrogens is 403 g/mol. The molecule has 0 aliphatic carbocycles. The van der Waals surface area contributed by atoms with E-state index >= 15 is 0 Å². The lowest BCUT2D eigenvalue weighted by molar-refractivity contribution is -0.138. The van der Waals surface area contributed by atoms with E-state index in [1.54, 1.807) is 0 Å². The van der Waals surface area contributed by atoms with E-state index in [0.717, 1.165) is 44.4 Å². The van der Waals surface area contributed by atoms with E-state index < -0.39 is 11.9 Å². The molecule has 5 heteroatoms. The molecule has 2 radical (unpaired) electrons. The number of unbranched alkanes of at least 4 members (excludes halogenated alkanes) is 12. The molecule has 0 bridgehead atoms. The van der Waals surface area contributed by atoms with Gasteiger partial charge in [0, 0.05) is 12.8 Å². The number of carbonyl (C=O) groups is 2. The molecule has 0 spiro atoms. The Bertz CT molecular complexity index is 374. The van der Waals surface area contributed by atoms with Crippen molar-refractivity contribution in [3.63, 3.8) is 0 Å². The summed E-state index contributed by atoms with van der Waals surface area (Å²) in [6.45, 7) is 11.7. The number of rotatable bonds is 19. The van der Waals surface area contributed by atoms with Gasteiger partial charge in [0.2, 0.25) is 0 Å². The molecule has 0 aliphatic rings. The Morgan fingerprint density at radius 2 is 0.935 bits per heavy atom. The molecule has 31 heavy (non-hydrogen) atoms. The van der Waals surface area contributed by atoms with Crippen molar-refractivity contribution >= 4 is 28.2 Å². The lowest BCUT2D eigenvalue weighted by atomic mass is 10.1. The van der Waals surface area contributed by atoms with E-state index in [-0.39, 0.29) is 0 Å². The topological polar surface area (TPSA) is 74.6 Å². The first-order valence-electron chi connectivity index (χ1n) is 12.2. The molecular formula is C26H49AlO4. The predicted molar refractivity (Wildman–Crippen MR) is 135 cm³/mol. The van der Waals surface area contributed by atoms with Crippen molar-refractivity contribution in [2.45, 2.75) is 122 Å². The van der Waals surface area contributed by atoms with Crippen LogP contribution in [0.15, 0.2) is 25.3 Å². The Morgan fingerprint density at radius 3 is 1.16 bits per heavy atom. The second kappa shape index (κ2) is 31.1. The molecule has 0 heterocycles. The fraction of sp³-hybridized carbons (Fsp3) is 0.769. The number of hydrogen-bond acceptors (Lipinski definition) is 2. The van der Waals surface area contributed by atoms with Crippen LogP contribution in [0.25, 0.3) is 0 Å². The summed E-state index contributed by atoms with van der Waals surface area (Å²) in [5.41, 5.74) is 0. The normalized spacial score (nSPS) is 9.77.